The molecule has 0 aliphatic carbocycles. The van der Waals surface area contributed by atoms with Gasteiger partial charge >= 0.3 is 0 Å². The lowest BCUT2D eigenvalue weighted by atomic mass is 10.1. The molecule has 1 aromatic carbocycles. The third-order valence-electron chi connectivity index (χ3n) is 1.92. The molecule has 3 nitrogen and oxygen atoms in total. The quantitative estimate of drug-likeness (QED) is 0.628. The number of ketones is 1. The topological polar surface area (TPSA) is 46.2 Å². The first kappa shape index (κ1) is 12.3. The van der Waals surface area contributed by atoms with Crippen LogP contribution in [0.5, 0.6) is 0 Å². The fraction of sp³-hybridized carbons (Fsp3) is 0.273. The second-order valence-electron chi connectivity index (χ2n) is 3.21. The summed E-state index contributed by atoms with van der Waals surface area (Å²) < 4.78 is 25.4. The van der Waals surface area contributed by atoms with E-state index in [9.17, 15) is 18.4 Å². The maximum atomic E-state index is 12.8. The summed E-state index contributed by atoms with van der Waals surface area (Å²) in [5.41, 5.74) is -0.160. The second kappa shape index (κ2) is 5.34. The number of benzene rings is 1. The molecule has 86 valence electrons. The first-order valence-electron chi connectivity index (χ1n) is 4.83. The second-order valence-corrected chi connectivity index (χ2v) is 3.21. The Labute approximate surface area is 91.5 Å². The molecule has 0 atom stereocenters. The number of nitrogens with one attached hydrogen (secondary N) is 1. The Balaban J connectivity index is 2.80. The molecule has 0 saturated heterocycles. The SMILES string of the molecule is CCCNC(=O)C(=O)c1ccc(F)c(F)c1. The van der Waals surface area contributed by atoms with Crippen LogP contribution < -0.4 is 5.32 Å². The maximum Gasteiger partial charge on any atom is 0.292 e. The molecule has 0 spiro atoms. The molecule has 1 rings (SSSR count). The van der Waals surface area contributed by atoms with Crippen LogP contribution in [0.15, 0.2) is 18.2 Å². The minimum Gasteiger partial charge on any atom is -0.349 e. The number of carbonyl (C=O) groups is 2. The van der Waals surface area contributed by atoms with Gasteiger partial charge in [-0.2, -0.15) is 0 Å². The molecule has 5 heteroatoms. The lowest BCUT2D eigenvalue weighted by Crippen LogP contribution is -2.31. The number of amides is 1. The molecule has 0 aromatic heterocycles. The van der Waals surface area contributed by atoms with Gasteiger partial charge in [0.1, 0.15) is 0 Å². The molecule has 0 radical (unpaired) electrons. The largest absolute Gasteiger partial charge is 0.349 e. The van der Waals surface area contributed by atoms with E-state index < -0.39 is 23.3 Å². The van der Waals surface area contributed by atoms with Gasteiger partial charge in [-0.3, -0.25) is 9.59 Å². The molecule has 0 bridgehead atoms. The number of hydrogen-bond acceptors (Lipinski definition) is 2. The van der Waals surface area contributed by atoms with Gasteiger partial charge in [-0.1, -0.05) is 6.92 Å². The maximum absolute atomic E-state index is 12.8. The smallest absolute Gasteiger partial charge is 0.292 e. The minimum atomic E-state index is -1.14. The fourth-order valence-corrected chi connectivity index (χ4v) is 1.09. The average molecular weight is 227 g/mol. The van der Waals surface area contributed by atoms with Crippen molar-refractivity contribution in [3.63, 3.8) is 0 Å². The zero-order valence-electron chi connectivity index (χ0n) is 8.72. The number of rotatable bonds is 4. The van der Waals surface area contributed by atoms with Crippen LogP contribution in [0.1, 0.15) is 23.7 Å². The normalized spacial score (nSPS) is 9.94. The summed E-state index contributed by atoms with van der Waals surface area (Å²) in [5, 5.41) is 2.36. The van der Waals surface area contributed by atoms with Crippen LogP contribution in [0.2, 0.25) is 0 Å². The molecule has 0 heterocycles. The number of halogens is 2. The molecular formula is C11H11F2NO2. The monoisotopic (exact) mass is 227 g/mol. The van der Waals surface area contributed by atoms with E-state index in [0.717, 1.165) is 12.1 Å². The highest BCUT2D eigenvalue weighted by Gasteiger charge is 2.16. The van der Waals surface area contributed by atoms with Gasteiger partial charge in [0.15, 0.2) is 11.6 Å². The highest BCUT2D eigenvalue weighted by molar-refractivity contribution is 6.42. The van der Waals surface area contributed by atoms with Gasteiger partial charge in [-0.05, 0) is 24.6 Å². The molecule has 0 aliphatic heterocycles. The van der Waals surface area contributed by atoms with Crippen LogP contribution in [-0.2, 0) is 4.79 Å². The molecule has 1 aromatic rings. The first-order valence-corrected chi connectivity index (χ1v) is 4.83. The van der Waals surface area contributed by atoms with Gasteiger partial charge in [0.25, 0.3) is 5.91 Å². The Hall–Kier alpha value is -1.78. The van der Waals surface area contributed by atoms with E-state index in [-0.39, 0.29) is 5.56 Å². The van der Waals surface area contributed by atoms with Crippen molar-refractivity contribution in [2.24, 2.45) is 0 Å². The van der Waals surface area contributed by atoms with E-state index in [4.69, 9.17) is 0 Å². The summed E-state index contributed by atoms with van der Waals surface area (Å²) in [4.78, 5) is 22.6. The van der Waals surface area contributed by atoms with Gasteiger partial charge in [0, 0.05) is 12.1 Å². The van der Waals surface area contributed by atoms with Gasteiger partial charge in [-0.25, -0.2) is 8.78 Å². The molecule has 1 N–H and O–H groups in total. The average Bonchev–Trinajstić information content (AvgIpc) is 2.28. The van der Waals surface area contributed by atoms with Crippen molar-refractivity contribution in [1.82, 2.24) is 5.32 Å². The van der Waals surface area contributed by atoms with Crippen molar-refractivity contribution in [3.8, 4) is 0 Å². The van der Waals surface area contributed by atoms with Crippen LogP contribution in [0, 0.1) is 11.6 Å². The van der Waals surface area contributed by atoms with Crippen LogP contribution in [-0.4, -0.2) is 18.2 Å². The molecule has 1 amide bonds. The third-order valence-corrected chi connectivity index (χ3v) is 1.92. The van der Waals surface area contributed by atoms with E-state index in [0.29, 0.717) is 19.0 Å². The highest BCUT2D eigenvalue weighted by Crippen LogP contribution is 2.09. The van der Waals surface area contributed by atoms with E-state index in [1.54, 1.807) is 0 Å². The number of hydrogen-bond donors (Lipinski definition) is 1. The lowest BCUT2D eigenvalue weighted by Gasteiger charge is -2.02. The molecule has 16 heavy (non-hydrogen) atoms. The molecule has 0 fully saturated rings. The van der Waals surface area contributed by atoms with Gasteiger partial charge < -0.3 is 5.32 Å². The first-order chi connectivity index (χ1) is 7.56. The van der Waals surface area contributed by atoms with Crippen LogP contribution in [0.3, 0.4) is 0 Å². The van der Waals surface area contributed by atoms with Gasteiger partial charge in [-0.15, -0.1) is 0 Å². The van der Waals surface area contributed by atoms with Gasteiger partial charge in [0.05, 0.1) is 0 Å². The van der Waals surface area contributed by atoms with Crippen molar-refractivity contribution in [3.05, 3.63) is 35.4 Å². The predicted octanol–water partition coefficient (Wildman–Crippen LogP) is 1.67. The summed E-state index contributed by atoms with van der Waals surface area (Å²) in [6.45, 7) is 2.20. The molecule has 0 saturated carbocycles. The third kappa shape index (κ3) is 2.85. The van der Waals surface area contributed by atoms with Crippen molar-refractivity contribution < 1.29 is 18.4 Å². The summed E-state index contributed by atoms with van der Waals surface area (Å²) in [6.07, 6.45) is 0.691. The fourth-order valence-electron chi connectivity index (χ4n) is 1.09. The Bertz CT molecular complexity index is 418. The van der Waals surface area contributed by atoms with Crippen molar-refractivity contribution >= 4 is 11.7 Å². The summed E-state index contributed by atoms with van der Waals surface area (Å²) in [5.74, 6) is -3.88. The Morgan fingerprint density at radius 3 is 2.50 bits per heavy atom. The molecule has 0 unspecified atom stereocenters. The van der Waals surface area contributed by atoms with Crippen molar-refractivity contribution in [2.75, 3.05) is 6.54 Å². The summed E-state index contributed by atoms with van der Waals surface area (Å²) in [6, 6.07) is 2.60. The standard InChI is InChI=1S/C11H11F2NO2/c1-2-5-14-11(16)10(15)7-3-4-8(12)9(13)6-7/h3-4,6H,2,5H2,1H3,(H,14,16). The lowest BCUT2D eigenvalue weighted by molar-refractivity contribution is -0.116. The zero-order chi connectivity index (χ0) is 12.1. The van der Waals surface area contributed by atoms with Gasteiger partial charge in [0.2, 0.25) is 5.78 Å². The van der Waals surface area contributed by atoms with E-state index in [2.05, 4.69) is 5.32 Å². The van der Waals surface area contributed by atoms with Crippen LogP contribution in [0.4, 0.5) is 8.78 Å². The zero-order valence-corrected chi connectivity index (χ0v) is 8.72. The van der Waals surface area contributed by atoms with E-state index >= 15 is 0 Å². The Kier molecular flexibility index (Phi) is 4.10. The van der Waals surface area contributed by atoms with Crippen molar-refractivity contribution in [1.29, 1.82) is 0 Å². The minimum absolute atomic E-state index is 0.160. The Morgan fingerprint density at radius 1 is 1.25 bits per heavy atom. The highest BCUT2D eigenvalue weighted by atomic mass is 19.2. The number of carbonyl (C=O) groups excluding carboxylic acids is 2. The van der Waals surface area contributed by atoms with Crippen molar-refractivity contribution in [2.45, 2.75) is 13.3 Å². The van der Waals surface area contributed by atoms with E-state index in [1.807, 2.05) is 6.92 Å². The molecular weight excluding hydrogens is 216 g/mol. The number of Topliss-reactive ketones (excluding diaryl/α,β-unsaturated/α-hetero) is 1. The predicted molar refractivity (Wildman–Crippen MR) is 54.0 cm³/mol. The van der Waals surface area contributed by atoms with Crippen LogP contribution in [0.25, 0.3) is 0 Å². The summed E-state index contributed by atoms with van der Waals surface area (Å²) >= 11 is 0. The van der Waals surface area contributed by atoms with E-state index in [1.165, 1.54) is 0 Å². The summed E-state index contributed by atoms with van der Waals surface area (Å²) in [7, 11) is 0. The molecule has 0 aliphatic rings. The Morgan fingerprint density at radius 2 is 1.94 bits per heavy atom. The van der Waals surface area contributed by atoms with Crippen LogP contribution >= 0.6 is 0 Å².